The number of carbonyl (C=O) groups is 6. The molecule has 19 heteroatoms. The molecule has 0 spiro atoms. The van der Waals surface area contributed by atoms with Crippen LogP contribution in [0.4, 0.5) is 9.59 Å². The van der Waals surface area contributed by atoms with E-state index in [1.807, 2.05) is 0 Å². The van der Waals surface area contributed by atoms with Gasteiger partial charge in [-0.15, -0.1) is 11.8 Å². The molecule has 3 aliphatic heterocycles. The third kappa shape index (κ3) is 6.69. The first-order chi connectivity index (χ1) is 21.4. The molecule has 238 valence electrons. The van der Waals surface area contributed by atoms with Crippen LogP contribution in [0.5, 0.6) is 0 Å². The third-order valence-corrected chi connectivity index (χ3v) is 8.81. The van der Waals surface area contributed by atoms with Crippen LogP contribution in [-0.2, 0) is 31.0 Å². The Morgan fingerprint density at radius 3 is 2.61 bits per heavy atom. The number of carboxylic acid groups (broad SMARTS) is 1. The number of aliphatic carboxylic acids is 1. The number of carbonyl (C=O) groups excluding carboxylic acids is 6. The minimum atomic E-state index is -1.62. The van der Waals surface area contributed by atoms with Crippen LogP contribution < -0.4 is 45.3 Å². The summed E-state index contributed by atoms with van der Waals surface area (Å²) in [6, 6.07) is -0.793. The first kappa shape index (κ1) is 34.7. The Kier molecular flexibility index (Phi) is 10.7. The van der Waals surface area contributed by atoms with Crippen molar-refractivity contribution < 1.29 is 72.6 Å². The second kappa shape index (κ2) is 14.1. The first-order valence-electron chi connectivity index (χ1n) is 13.7. The standard InChI is InChI=1S/C27H30N8O9S.Na/c1-13-18(14(2)32(4)31-13)19(30-26(41)33-7-8-34(27(33)42)28-10-17-6-5-9-43-17)22(37)29-20-23(38)35-21(25(39)40)16(11-44-15(3)36)12-45-24(20)35;/h5-6,9-10,19-20,24H,7-8,11-12H2,1-4H3,(H,29,37)(H,30,41)(H,39,40);/q;+1/p-1/t19?,20-,24-;/m1./s1. The van der Waals surface area contributed by atoms with Crippen LogP contribution in [0.25, 0.3) is 0 Å². The van der Waals surface area contributed by atoms with E-state index in [4.69, 9.17) is 9.15 Å². The maximum Gasteiger partial charge on any atom is 1.00 e. The van der Waals surface area contributed by atoms with Crippen molar-refractivity contribution >= 4 is 53.8 Å². The molecule has 2 fully saturated rings. The number of rotatable bonds is 9. The van der Waals surface area contributed by atoms with Gasteiger partial charge in [0, 0.05) is 36.6 Å². The number of nitrogens with zero attached hydrogens (tertiary/aromatic N) is 6. The molecule has 5 heterocycles. The fourth-order valence-electron chi connectivity index (χ4n) is 5.20. The molecule has 0 aromatic carbocycles. The summed E-state index contributed by atoms with van der Waals surface area (Å²) in [5.41, 5.74) is 1.12. The number of hydrazone groups is 1. The van der Waals surface area contributed by atoms with Crippen molar-refractivity contribution in [2.45, 2.75) is 38.2 Å². The number of amides is 6. The Morgan fingerprint density at radius 2 is 2.00 bits per heavy atom. The van der Waals surface area contributed by atoms with Gasteiger partial charge in [-0.2, -0.15) is 10.2 Å². The van der Waals surface area contributed by atoms with Gasteiger partial charge in [-0.05, 0) is 26.0 Å². The average molecular weight is 665 g/mol. The molecular formula is C27H29N8NaO9S. The number of nitrogens with one attached hydrogen (secondary N) is 2. The third-order valence-electron chi connectivity index (χ3n) is 7.47. The van der Waals surface area contributed by atoms with Crippen molar-refractivity contribution in [2.24, 2.45) is 12.1 Å². The number of hydrogen-bond donors (Lipinski definition) is 2. The average Bonchev–Trinajstić information content (AvgIpc) is 3.71. The normalized spacial score (nSPS) is 19.9. The van der Waals surface area contributed by atoms with Crippen molar-refractivity contribution in [3.8, 4) is 0 Å². The van der Waals surface area contributed by atoms with Crippen molar-refractivity contribution in [3.05, 3.63) is 52.4 Å². The summed E-state index contributed by atoms with van der Waals surface area (Å²) in [5.74, 6) is -3.21. The molecule has 3 atom stereocenters. The summed E-state index contributed by atoms with van der Waals surface area (Å²) in [6.07, 6.45) is 2.78. The smallest absolute Gasteiger partial charge is 0.543 e. The van der Waals surface area contributed by atoms with Crippen LogP contribution >= 0.6 is 11.8 Å². The van der Waals surface area contributed by atoms with E-state index >= 15 is 0 Å². The van der Waals surface area contributed by atoms with Crippen molar-refractivity contribution in [2.75, 3.05) is 25.4 Å². The van der Waals surface area contributed by atoms with Crippen molar-refractivity contribution in [1.29, 1.82) is 0 Å². The van der Waals surface area contributed by atoms with E-state index < -0.39 is 59.0 Å². The second-order valence-electron chi connectivity index (χ2n) is 10.3. The molecule has 0 radical (unpaired) electrons. The van der Waals surface area contributed by atoms with E-state index in [1.54, 1.807) is 33.0 Å². The van der Waals surface area contributed by atoms with Crippen LogP contribution in [0, 0.1) is 13.8 Å². The van der Waals surface area contributed by atoms with Crippen molar-refractivity contribution in [3.63, 3.8) is 0 Å². The summed E-state index contributed by atoms with van der Waals surface area (Å²) >= 11 is 1.17. The summed E-state index contributed by atoms with van der Waals surface area (Å²) in [7, 11) is 1.66. The molecule has 1 unspecified atom stereocenters. The molecule has 46 heavy (non-hydrogen) atoms. The summed E-state index contributed by atoms with van der Waals surface area (Å²) in [6.45, 7) is 4.28. The number of ether oxygens (including phenoxy) is 1. The molecule has 3 aliphatic rings. The number of imide groups is 1. The Labute approximate surface area is 288 Å². The number of furan rings is 1. The Balaban J connectivity index is 0.00000480. The fraction of sp³-hybridized carbons (Fsp3) is 0.407. The molecular weight excluding hydrogens is 635 g/mol. The molecule has 2 saturated heterocycles. The molecule has 17 nitrogen and oxygen atoms in total. The van der Waals surface area contributed by atoms with E-state index in [0.717, 1.165) is 14.8 Å². The molecule has 2 aromatic heterocycles. The monoisotopic (exact) mass is 664 g/mol. The number of aryl methyl sites for hydroxylation is 2. The number of aromatic nitrogens is 2. The van der Waals surface area contributed by atoms with E-state index in [1.165, 1.54) is 35.8 Å². The second-order valence-corrected chi connectivity index (χ2v) is 11.4. The molecule has 0 bridgehead atoms. The van der Waals surface area contributed by atoms with Crippen LogP contribution in [0.3, 0.4) is 0 Å². The Bertz CT molecular complexity index is 1640. The van der Waals surface area contributed by atoms with Crippen LogP contribution in [0.15, 0.2) is 39.2 Å². The van der Waals surface area contributed by atoms with Gasteiger partial charge < -0.3 is 29.7 Å². The summed E-state index contributed by atoms with van der Waals surface area (Å²) in [4.78, 5) is 78.3. The Hall–Kier alpha value is -4.13. The van der Waals surface area contributed by atoms with Crippen molar-refractivity contribution in [1.82, 2.24) is 35.2 Å². The molecule has 0 saturated carbocycles. The SMILES string of the molecule is CC(=O)OCC1=C(C(=O)[O-])N2C(=O)[C@@H](NC(=O)C(NC(=O)N3CCN(N=Cc4ccco4)C3=O)c3c(C)nn(C)c3C)[C@H]2SC1.[Na+]. The van der Waals surface area contributed by atoms with E-state index in [9.17, 15) is 33.9 Å². The van der Waals surface area contributed by atoms with Crippen LogP contribution in [-0.4, -0.2) is 103 Å². The largest absolute Gasteiger partial charge is 1.00 e. The van der Waals surface area contributed by atoms with Gasteiger partial charge in [0.15, 0.2) is 0 Å². The number of carboxylic acids is 1. The number of esters is 1. The van der Waals surface area contributed by atoms with Crippen LogP contribution in [0.2, 0.25) is 0 Å². The first-order valence-corrected chi connectivity index (χ1v) is 14.7. The number of urea groups is 2. The molecule has 2 aromatic rings. The van der Waals surface area contributed by atoms with Gasteiger partial charge in [-0.1, -0.05) is 0 Å². The van der Waals surface area contributed by atoms with Gasteiger partial charge in [0.25, 0.3) is 5.91 Å². The van der Waals surface area contributed by atoms with Gasteiger partial charge in [0.2, 0.25) is 5.91 Å². The van der Waals surface area contributed by atoms with E-state index in [2.05, 4.69) is 20.8 Å². The molecule has 2 N–H and O–H groups in total. The summed E-state index contributed by atoms with van der Waals surface area (Å²) < 4.78 is 11.6. The maximum atomic E-state index is 13.8. The zero-order chi connectivity index (χ0) is 32.6. The molecule has 5 rings (SSSR count). The van der Waals surface area contributed by atoms with Gasteiger partial charge in [0.1, 0.15) is 29.8 Å². The zero-order valence-electron chi connectivity index (χ0n) is 25.6. The van der Waals surface area contributed by atoms with Gasteiger partial charge >= 0.3 is 47.6 Å². The number of fused-ring (bicyclic) bond motifs is 1. The molecule has 6 amide bonds. The van der Waals surface area contributed by atoms with E-state index in [0.29, 0.717) is 22.7 Å². The van der Waals surface area contributed by atoms with Gasteiger partial charge in [-0.3, -0.25) is 24.0 Å². The van der Waals surface area contributed by atoms with Gasteiger partial charge in [0.05, 0.1) is 42.9 Å². The van der Waals surface area contributed by atoms with Crippen LogP contribution in [0.1, 0.15) is 35.7 Å². The maximum absolute atomic E-state index is 13.8. The number of hydrogen-bond acceptors (Lipinski definition) is 12. The Morgan fingerprint density at radius 1 is 1.26 bits per heavy atom. The minimum absolute atomic E-state index is 0. The predicted octanol–water partition coefficient (Wildman–Crippen LogP) is -3.88. The zero-order valence-corrected chi connectivity index (χ0v) is 28.5. The predicted molar refractivity (Wildman–Crippen MR) is 153 cm³/mol. The quantitative estimate of drug-likeness (QED) is 0.115. The topological polar surface area (TPSA) is 212 Å². The fourth-order valence-corrected chi connectivity index (χ4v) is 6.53. The van der Waals surface area contributed by atoms with Gasteiger partial charge in [-0.25, -0.2) is 19.5 Å². The summed E-state index contributed by atoms with van der Waals surface area (Å²) in [5, 5.41) is 25.9. The van der Waals surface area contributed by atoms with E-state index in [-0.39, 0.29) is 60.6 Å². The molecule has 0 aliphatic carbocycles. The number of thioether (sulfide) groups is 1. The number of β-lactam (4-membered cyclic amide) rings is 1. The minimum Gasteiger partial charge on any atom is -0.543 e.